The third-order valence-corrected chi connectivity index (χ3v) is 4.05. The lowest BCUT2D eigenvalue weighted by atomic mass is 10.0. The standard InChI is InChI=1S/C17H24ClNO2/c18-11-12-19(14-15-6-2-1-3-7-15)17(20)10-9-16-8-4-5-13-21-16/h1-3,6-7,16H,4-5,8-14H2. The maximum atomic E-state index is 12.4. The van der Waals surface area contributed by atoms with Crippen molar-refractivity contribution in [3.63, 3.8) is 0 Å². The number of carbonyl (C=O) groups excluding carboxylic acids is 1. The molecular formula is C17H24ClNO2. The quantitative estimate of drug-likeness (QED) is 0.720. The van der Waals surface area contributed by atoms with Gasteiger partial charge in [-0.2, -0.15) is 0 Å². The van der Waals surface area contributed by atoms with Crippen molar-refractivity contribution in [1.29, 1.82) is 0 Å². The second-order valence-electron chi connectivity index (χ2n) is 5.52. The Morgan fingerprint density at radius 3 is 2.76 bits per heavy atom. The number of benzene rings is 1. The van der Waals surface area contributed by atoms with Crippen molar-refractivity contribution >= 4 is 17.5 Å². The molecule has 1 aromatic carbocycles. The normalized spacial score (nSPS) is 18.4. The highest BCUT2D eigenvalue weighted by Gasteiger charge is 2.18. The smallest absolute Gasteiger partial charge is 0.223 e. The molecule has 1 aliphatic rings. The number of rotatable bonds is 7. The highest BCUT2D eigenvalue weighted by Crippen LogP contribution is 2.18. The summed E-state index contributed by atoms with van der Waals surface area (Å²) in [6, 6.07) is 10.1. The maximum Gasteiger partial charge on any atom is 0.223 e. The largest absolute Gasteiger partial charge is 0.378 e. The first-order valence-corrected chi connectivity index (χ1v) is 8.32. The number of alkyl halides is 1. The SMILES string of the molecule is O=C(CCC1CCCCO1)N(CCCl)Cc1ccccc1. The number of amides is 1. The molecular weight excluding hydrogens is 286 g/mol. The van der Waals surface area contributed by atoms with Crippen molar-refractivity contribution in [2.75, 3.05) is 19.0 Å². The van der Waals surface area contributed by atoms with E-state index in [1.807, 2.05) is 35.2 Å². The predicted molar refractivity (Wildman–Crippen MR) is 85.4 cm³/mol. The minimum Gasteiger partial charge on any atom is -0.378 e. The molecule has 116 valence electrons. The van der Waals surface area contributed by atoms with Crippen LogP contribution in [0.15, 0.2) is 30.3 Å². The second kappa shape index (κ2) is 9.06. The van der Waals surface area contributed by atoms with Gasteiger partial charge in [0, 0.05) is 32.0 Å². The fourth-order valence-electron chi connectivity index (χ4n) is 2.68. The summed E-state index contributed by atoms with van der Waals surface area (Å²) in [5.41, 5.74) is 1.14. The van der Waals surface area contributed by atoms with Crippen LogP contribution in [0.3, 0.4) is 0 Å². The summed E-state index contributed by atoms with van der Waals surface area (Å²) in [7, 11) is 0. The van der Waals surface area contributed by atoms with Crippen LogP contribution in [0.2, 0.25) is 0 Å². The van der Waals surface area contributed by atoms with E-state index < -0.39 is 0 Å². The van der Waals surface area contributed by atoms with Gasteiger partial charge in [0.25, 0.3) is 0 Å². The zero-order chi connectivity index (χ0) is 14.9. The van der Waals surface area contributed by atoms with E-state index in [2.05, 4.69) is 0 Å². The lowest BCUT2D eigenvalue weighted by Gasteiger charge is -2.25. The highest BCUT2D eigenvalue weighted by atomic mass is 35.5. The predicted octanol–water partition coefficient (Wildman–Crippen LogP) is 3.60. The number of halogens is 1. The molecule has 4 heteroatoms. The summed E-state index contributed by atoms with van der Waals surface area (Å²) < 4.78 is 5.69. The first kappa shape index (κ1) is 16.3. The average Bonchev–Trinajstić information content (AvgIpc) is 2.54. The van der Waals surface area contributed by atoms with Crippen molar-refractivity contribution < 1.29 is 9.53 Å². The van der Waals surface area contributed by atoms with Crippen molar-refractivity contribution in [1.82, 2.24) is 4.90 Å². The minimum atomic E-state index is 0.175. The average molecular weight is 310 g/mol. The Morgan fingerprint density at radius 1 is 1.29 bits per heavy atom. The van der Waals surface area contributed by atoms with E-state index in [0.29, 0.717) is 25.4 Å². The summed E-state index contributed by atoms with van der Waals surface area (Å²) in [4.78, 5) is 14.2. The van der Waals surface area contributed by atoms with Gasteiger partial charge in [-0.3, -0.25) is 4.79 Å². The van der Waals surface area contributed by atoms with Gasteiger partial charge in [0.2, 0.25) is 5.91 Å². The molecule has 1 atom stereocenters. The Labute approximate surface area is 132 Å². The van der Waals surface area contributed by atoms with Crippen molar-refractivity contribution in [3.8, 4) is 0 Å². The molecule has 1 fully saturated rings. The Kier molecular flexibility index (Phi) is 7.04. The van der Waals surface area contributed by atoms with Gasteiger partial charge < -0.3 is 9.64 Å². The second-order valence-corrected chi connectivity index (χ2v) is 5.90. The van der Waals surface area contributed by atoms with E-state index >= 15 is 0 Å². The van der Waals surface area contributed by atoms with Gasteiger partial charge in [-0.15, -0.1) is 11.6 Å². The number of hydrogen-bond acceptors (Lipinski definition) is 2. The topological polar surface area (TPSA) is 29.5 Å². The zero-order valence-electron chi connectivity index (χ0n) is 12.5. The summed E-state index contributed by atoms with van der Waals surface area (Å²) in [6.45, 7) is 2.08. The van der Waals surface area contributed by atoms with Gasteiger partial charge >= 0.3 is 0 Å². The van der Waals surface area contributed by atoms with E-state index in [9.17, 15) is 4.79 Å². The molecule has 0 radical (unpaired) electrons. The van der Waals surface area contributed by atoms with Crippen molar-refractivity contribution in [2.24, 2.45) is 0 Å². The van der Waals surface area contributed by atoms with Crippen molar-refractivity contribution in [2.45, 2.75) is 44.8 Å². The van der Waals surface area contributed by atoms with Gasteiger partial charge in [0.1, 0.15) is 0 Å². The monoisotopic (exact) mass is 309 g/mol. The summed E-state index contributed by atoms with van der Waals surface area (Å²) in [5, 5.41) is 0. The van der Waals surface area contributed by atoms with Crippen LogP contribution in [0.5, 0.6) is 0 Å². The summed E-state index contributed by atoms with van der Waals surface area (Å²) in [5.74, 6) is 0.645. The van der Waals surface area contributed by atoms with Gasteiger partial charge in [0.05, 0.1) is 6.10 Å². The first-order chi connectivity index (χ1) is 10.3. The molecule has 3 nitrogen and oxygen atoms in total. The van der Waals surface area contributed by atoms with Gasteiger partial charge in [0.15, 0.2) is 0 Å². The maximum absolute atomic E-state index is 12.4. The van der Waals surface area contributed by atoms with E-state index in [1.54, 1.807) is 0 Å². The van der Waals surface area contributed by atoms with Crippen LogP contribution in [-0.4, -0.2) is 35.9 Å². The fourth-order valence-corrected chi connectivity index (χ4v) is 2.88. The van der Waals surface area contributed by atoms with Gasteiger partial charge in [-0.25, -0.2) is 0 Å². The molecule has 0 aromatic heterocycles. The number of carbonyl (C=O) groups is 1. The molecule has 0 N–H and O–H groups in total. The molecule has 0 saturated carbocycles. The van der Waals surface area contributed by atoms with Crippen LogP contribution in [-0.2, 0) is 16.1 Å². The molecule has 0 spiro atoms. The van der Waals surface area contributed by atoms with Gasteiger partial charge in [-0.05, 0) is 31.2 Å². The van der Waals surface area contributed by atoms with Crippen LogP contribution in [0.1, 0.15) is 37.7 Å². The molecule has 1 aliphatic heterocycles. The molecule has 0 aliphatic carbocycles. The molecule has 1 heterocycles. The third kappa shape index (κ3) is 5.68. The molecule has 1 unspecified atom stereocenters. The third-order valence-electron chi connectivity index (χ3n) is 3.88. The number of nitrogens with zero attached hydrogens (tertiary/aromatic N) is 1. The Bertz CT molecular complexity index is 418. The Hall–Kier alpha value is -1.06. The van der Waals surface area contributed by atoms with Gasteiger partial charge in [-0.1, -0.05) is 30.3 Å². The van der Waals surface area contributed by atoms with Crippen molar-refractivity contribution in [3.05, 3.63) is 35.9 Å². The number of ether oxygens (including phenoxy) is 1. The Balaban J connectivity index is 1.83. The first-order valence-electron chi connectivity index (χ1n) is 7.79. The molecule has 2 rings (SSSR count). The van der Waals surface area contributed by atoms with E-state index in [0.717, 1.165) is 31.4 Å². The molecule has 1 saturated heterocycles. The van der Waals surface area contributed by atoms with E-state index in [4.69, 9.17) is 16.3 Å². The fraction of sp³-hybridized carbons (Fsp3) is 0.588. The van der Waals surface area contributed by atoms with Crippen LogP contribution in [0.4, 0.5) is 0 Å². The molecule has 1 amide bonds. The highest BCUT2D eigenvalue weighted by molar-refractivity contribution is 6.18. The minimum absolute atomic E-state index is 0.175. The van der Waals surface area contributed by atoms with Crippen LogP contribution in [0, 0.1) is 0 Å². The molecule has 1 aromatic rings. The molecule has 21 heavy (non-hydrogen) atoms. The summed E-state index contributed by atoms with van der Waals surface area (Å²) in [6.07, 6.45) is 5.09. The lowest BCUT2D eigenvalue weighted by Crippen LogP contribution is -2.33. The summed E-state index contributed by atoms with van der Waals surface area (Å²) >= 11 is 5.84. The van der Waals surface area contributed by atoms with E-state index in [1.165, 1.54) is 6.42 Å². The zero-order valence-corrected chi connectivity index (χ0v) is 13.2. The van der Waals surface area contributed by atoms with Crippen LogP contribution >= 0.6 is 11.6 Å². The number of hydrogen-bond donors (Lipinski definition) is 0. The Morgan fingerprint density at radius 2 is 2.10 bits per heavy atom. The lowest BCUT2D eigenvalue weighted by molar-refractivity contribution is -0.132. The van der Waals surface area contributed by atoms with Crippen LogP contribution in [0.25, 0.3) is 0 Å². The van der Waals surface area contributed by atoms with Crippen LogP contribution < -0.4 is 0 Å². The van der Waals surface area contributed by atoms with E-state index in [-0.39, 0.29) is 12.0 Å². The molecule has 0 bridgehead atoms.